The normalized spacial score (nSPS) is 34.3. The second-order valence-corrected chi connectivity index (χ2v) is 5.55. The first kappa shape index (κ1) is 10.8. The zero-order valence-corrected chi connectivity index (χ0v) is 10.1. The molecule has 4 nitrogen and oxygen atoms in total. The first-order valence-corrected chi connectivity index (χ1v) is 6.38. The summed E-state index contributed by atoms with van der Waals surface area (Å²) in [5.41, 5.74) is -0.641. The molecule has 3 rings (SSSR count). The number of carbonyl (C=O) groups is 2. The highest BCUT2D eigenvalue weighted by atomic mass is 16.2. The van der Waals surface area contributed by atoms with E-state index in [0.717, 1.165) is 25.7 Å². The van der Waals surface area contributed by atoms with Crippen LogP contribution in [0.3, 0.4) is 0 Å². The lowest BCUT2D eigenvalue weighted by Crippen LogP contribution is -2.67. The van der Waals surface area contributed by atoms with E-state index in [-0.39, 0.29) is 24.4 Å². The minimum atomic E-state index is -0.641. The fraction of sp³-hybridized carbons (Fsp3) is 0.692. The van der Waals surface area contributed by atoms with Crippen molar-refractivity contribution in [3.63, 3.8) is 0 Å². The average Bonchev–Trinajstić information content (AvgIpc) is 3.01. The zero-order chi connectivity index (χ0) is 12.0. The lowest BCUT2D eigenvalue weighted by Gasteiger charge is -2.42. The van der Waals surface area contributed by atoms with Gasteiger partial charge in [-0.25, -0.2) is 0 Å². The van der Waals surface area contributed by atoms with Gasteiger partial charge in [0, 0.05) is 6.04 Å². The Bertz CT molecular complexity index is 392. The summed E-state index contributed by atoms with van der Waals surface area (Å²) < 4.78 is 0. The van der Waals surface area contributed by atoms with Gasteiger partial charge in [-0.3, -0.25) is 9.59 Å². The van der Waals surface area contributed by atoms with E-state index in [2.05, 4.69) is 17.5 Å². The van der Waals surface area contributed by atoms with E-state index >= 15 is 0 Å². The number of piperazine rings is 1. The summed E-state index contributed by atoms with van der Waals surface area (Å²) in [6.45, 7) is 2.12. The van der Waals surface area contributed by atoms with Crippen molar-refractivity contribution >= 4 is 11.8 Å². The number of amides is 2. The summed E-state index contributed by atoms with van der Waals surface area (Å²) in [6, 6.07) is 0.201. The molecule has 0 aromatic carbocycles. The molecule has 1 heterocycles. The largest absolute Gasteiger partial charge is 0.340 e. The fourth-order valence-corrected chi connectivity index (χ4v) is 3.00. The number of rotatable bonds is 2. The standard InChI is InChI=1S/C13H18N2O2/c1-13(9-6-7-9)12(17)15(8-11(16)14-13)10-4-2-3-5-10/h2-3,9-10H,4-8H2,1H3,(H,14,16). The quantitative estimate of drug-likeness (QED) is 0.720. The van der Waals surface area contributed by atoms with E-state index in [1.165, 1.54) is 0 Å². The number of carbonyl (C=O) groups excluding carboxylic acids is 2. The van der Waals surface area contributed by atoms with Crippen LogP contribution in [0.4, 0.5) is 0 Å². The van der Waals surface area contributed by atoms with Crippen molar-refractivity contribution < 1.29 is 9.59 Å². The van der Waals surface area contributed by atoms with Gasteiger partial charge in [-0.1, -0.05) is 12.2 Å². The van der Waals surface area contributed by atoms with Crippen LogP contribution in [0.15, 0.2) is 12.2 Å². The Morgan fingerprint density at radius 3 is 2.53 bits per heavy atom. The molecule has 0 spiro atoms. The van der Waals surface area contributed by atoms with Crippen LogP contribution in [-0.4, -0.2) is 34.8 Å². The fourth-order valence-electron chi connectivity index (χ4n) is 3.00. The van der Waals surface area contributed by atoms with Crippen molar-refractivity contribution in [1.29, 1.82) is 0 Å². The van der Waals surface area contributed by atoms with Crippen molar-refractivity contribution in [1.82, 2.24) is 10.2 Å². The molecule has 17 heavy (non-hydrogen) atoms. The van der Waals surface area contributed by atoms with Gasteiger partial charge in [0.2, 0.25) is 11.8 Å². The molecule has 92 valence electrons. The Kier molecular flexibility index (Phi) is 2.28. The van der Waals surface area contributed by atoms with E-state index in [1.54, 1.807) is 4.90 Å². The molecule has 4 heteroatoms. The zero-order valence-electron chi connectivity index (χ0n) is 10.1. The van der Waals surface area contributed by atoms with E-state index in [1.807, 2.05) is 6.92 Å². The van der Waals surface area contributed by atoms with Crippen molar-refractivity contribution in [3.8, 4) is 0 Å². The van der Waals surface area contributed by atoms with Crippen molar-refractivity contribution in [2.75, 3.05) is 6.54 Å². The molecule has 2 aliphatic carbocycles. The molecule has 0 aromatic heterocycles. The molecule has 1 unspecified atom stereocenters. The maximum Gasteiger partial charge on any atom is 0.249 e. The number of nitrogens with one attached hydrogen (secondary N) is 1. The number of nitrogens with zero attached hydrogens (tertiary/aromatic N) is 1. The molecule has 1 aliphatic heterocycles. The van der Waals surface area contributed by atoms with Crippen molar-refractivity contribution in [2.24, 2.45) is 5.92 Å². The minimum Gasteiger partial charge on any atom is -0.340 e. The Morgan fingerprint density at radius 1 is 1.29 bits per heavy atom. The van der Waals surface area contributed by atoms with Gasteiger partial charge < -0.3 is 10.2 Å². The van der Waals surface area contributed by atoms with Crippen LogP contribution in [0.25, 0.3) is 0 Å². The first-order chi connectivity index (χ1) is 8.11. The average molecular weight is 234 g/mol. The summed E-state index contributed by atoms with van der Waals surface area (Å²) in [7, 11) is 0. The van der Waals surface area contributed by atoms with Crippen LogP contribution >= 0.6 is 0 Å². The Balaban J connectivity index is 1.84. The second-order valence-electron chi connectivity index (χ2n) is 5.55. The summed E-state index contributed by atoms with van der Waals surface area (Å²) in [5, 5.41) is 2.91. The highest BCUT2D eigenvalue weighted by Gasteiger charge is 2.53. The van der Waals surface area contributed by atoms with Crippen LogP contribution in [0, 0.1) is 5.92 Å². The van der Waals surface area contributed by atoms with Crippen molar-refractivity contribution in [3.05, 3.63) is 12.2 Å². The number of hydrogen-bond acceptors (Lipinski definition) is 2. The van der Waals surface area contributed by atoms with Crippen LogP contribution in [0.1, 0.15) is 32.6 Å². The summed E-state index contributed by atoms with van der Waals surface area (Å²) in [5.74, 6) is 0.454. The predicted octanol–water partition coefficient (Wildman–Crippen LogP) is 0.832. The highest BCUT2D eigenvalue weighted by molar-refractivity contribution is 5.98. The minimum absolute atomic E-state index is 0.00843. The Morgan fingerprint density at radius 2 is 1.94 bits per heavy atom. The van der Waals surface area contributed by atoms with E-state index in [9.17, 15) is 9.59 Å². The molecule has 1 atom stereocenters. The van der Waals surface area contributed by atoms with E-state index in [4.69, 9.17) is 0 Å². The molecule has 0 bridgehead atoms. The smallest absolute Gasteiger partial charge is 0.249 e. The van der Waals surface area contributed by atoms with Gasteiger partial charge in [0.05, 0.1) is 6.54 Å². The molecule has 3 aliphatic rings. The third-order valence-corrected chi connectivity index (χ3v) is 4.24. The molecular weight excluding hydrogens is 216 g/mol. The van der Waals surface area contributed by atoms with Crippen LogP contribution in [0.5, 0.6) is 0 Å². The molecular formula is C13H18N2O2. The predicted molar refractivity (Wildman–Crippen MR) is 63.1 cm³/mol. The summed E-state index contributed by atoms with van der Waals surface area (Å²) in [6.07, 6.45) is 8.08. The number of hydrogen-bond donors (Lipinski definition) is 1. The summed E-state index contributed by atoms with van der Waals surface area (Å²) >= 11 is 0. The van der Waals surface area contributed by atoms with Crippen LogP contribution < -0.4 is 5.32 Å². The van der Waals surface area contributed by atoms with Gasteiger partial charge in [-0.05, 0) is 38.5 Å². The topological polar surface area (TPSA) is 49.4 Å². The lowest BCUT2D eigenvalue weighted by atomic mass is 9.90. The molecule has 2 fully saturated rings. The van der Waals surface area contributed by atoms with Gasteiger partial charge in [-0.2, -0.15) is 0 Å². The first-order valence-electron chi connectivity index (χ1n) is 6.38. The third-order valence-electron chi connectivity index (χ3n) is 4.24. The molecule has 1 N–H and O–H groups in total. The maximum atomic E-state index is 12.5. The summed E-state index contributed by atoms with van der Waals surface area (Å²) in [4.78, 5) is 26.1. The SMILES string of the molecule is CC1(C2CC2)NC(=O)CN(C2CC=CC2)C1=O. The molecule has 1 saturated heterocycles. The van der Waals surface area contributed by atoms with E-state index < -0.39 is 5.54 Å². The molecule has 2 amide bonds. The van der Waals surface area contributed by atoms with Gasteiger partial charge >= 0.3 is 0 Å². The molecule has 0 aromatic rings. The van der Waals surface area contributed by atoms with Crippen LogP contribution in [-0.2, 0) is 9.59 Å². The third kappa shape index (κ3) is 1.66. The Labute approximate surface area is 101 Å². The van der Waals surface area contributed by atoms with Crippen molar-refractivity contribution in [2.45, 2.75) is 44.2 Å². The molecule has 1 saturated carbocycles. The van der Waals surface area contributed by atoms with E-state index in [0.29, 0.717) is 5.92 Å². The highest BCUT2D eigenvalue weighted by Crippen LogP contribution is 2.42. The second kappa shape index (κ2) is 3.59. The monoisotopic (exact) mass is 234 g/mol. The van der Waals surface area contributed by atoms with Gasteiger partial charge in [0.25, 0.3) is 0 Å². The molecule has 0 radical (unpaired) electrons. The van der Waals surface area contributed by atoms with Gasteiger partial charge in [0.1, 0.15) is 5.54 Å². The Hall–Kier alpha value is -1.32. The maximum absolute atomic E-state index is 12.5. The van der Waals surface area contributed by atoms with Gasteiger partial charge in [0.15, 0.2) is 0 Å². The van der Waals surface area contributed by atoms with Gasteiger partial charge in [-0.15, -0.1) is 0 Å². The van der Waals surface area contributed by atoms with Crippen LogP contribution in [0.2, 0.25) is 0 Å². The lowest BCUT2D eigenvalue weighted by molar-refractivity contribution is -0.152.